The van der Waals surface area contributed by atoms with E-state index in [0.717, 1.165) is 6.42 Å². The maximum Gasteiger partial charge on any atom is 0.377 e. The number of carboxylic acids is 1. The second kappa shape index (κ2) is 3.14. The Kier molecular flexibility index (Phi) is 2.20. The van der Waals surface area contributed by atoms with Crippen LogP contribution in [0.3, 0.4) is 0 Å². The minimum absolute atomic E-state index is 0.270. The SMILES string of the molecule is CCCc1nc(C(=O)O)no1. The Labute approximate surface area is 63.0 Å². The Morgan fingerprint density at radius 3 is 2.91 bits per heavy atom. The molecule has 11 heavy (non-hydrogen) atoms. The molecule has 0 bridgehead atoms. The zero-order chi connectivity index (χ0) is 8.27. The quantitative estimate of drug-likeness (QED) is 0.697. The number of aromatic carboxylic acids is 1. The first-order valence-corrected chi connectivity index (χ1v) is 3.30. The summed E-state index contributed by atoms with van der Waals surface area (Å²) in [6.45, 7) is 1.95. The maximum atomic E-state index is 10.2. The van der Waals surface area contributed by atoms with Gasteiger partial charge in [-0.2, -0.15) is 4.98 Å². The number of rotatable bonds is 3. The summed E-state index contributed by atoms with van der Waals surface area (Å²) in [6.07, 6.45) is 1.49. The van der Waals surface area contributed by atoms with Crippen molar-refractivity contribution < 1.29 is 14.4 Å². The molecule has 0 radical (unpaired) electrons. The fourth-order valence-electron chi connectivity index (χ4n) is 0.657. The van der Waals surface area contributed by atoms with Crippen LogP contribution in [0.15, 0.2) is 4.52 Å². The Morgan fingerprint density at radius 2 is 2.45 bits per heavy atom. The van der Waals surface area contributed by atoms with E-state index in [1.54, 1.807) is 0 Å². The van der Waals surface area contributed by atoms with Gasteiger partial charge >= 0.3 is 5.97 Å². The molecule has 1 rings (SSSR count). The average Bonchev–Trinajstić information content (AvgIpc) is 2.37. The lowest BCUT2D eigenvalue weighted by Crippen LogP contribution is -1.98. The van der Waals surface area contributed by atoms with Crippen molar-refractivity contribution in [3.05, 3.63) is 11.7 Å². The van der Waals surface area contributed by atoms with E-state index in [0.29, 0.717) is 12.3 Å². The van der Waals surface area contributed by atoms with Gasteiger partial charge in [-0.05, 0) is 11.6 Å². The first-order chi connectivity index (χ1) is 5.24. The highest BCUT2D eigenvalue weighted by Crippen LogP contribution is 1.99. The minimum Gasteiger partial charge on any atom is -0.475 e. The Morgan fingerprint density at radius 1 is 1.73 bits per heavy atom. The van der Waals surface area contributed by atoms with Gasteiger partial charge in [0, 0.05) is 6.42 Å². The molecule has 5 nitrogen and oxygen atoms in total. The number of aromatic nitrogens is 2. The summed E-state index contributed by atoms with van der Waals surface area (Å²) < 4.78 is 4.62. The van der Waals surface area contributed by atoms with E-state index in [1.807, 2.05) is 6.92 Å². The number of carbonyl (C=O) groups is 1. The van der Waals surface area contributed by atoms with Gasteiger partial charge in [0.25, 0.3) is 5.82 Å². The molecular formula is C6H8N2O3. The monoisotopic (exact) mass is 156 g/mol. The van der Waals surface area contributed by atoms with Crippen LogP contribution in [0.2, 0.25) is 0 Å². The van der Waals surface area contributed by atoms with Crippen LogP contribution in [-0.4, -0.2) is 21.2 Å². The number of hydrogen-bond donors (Lipinski definition) is 1. The predicted octanol–water partition coefficient (Wildman–Crippen LogP) is 0.720. The predicted molar refractivity (Wildman–Crippen MR) is 35.3 cm³/mol. The van der Waals surface area contributed by atoms with Gasteiger partial charge in [0.05, 0.1) is 0 Å². The second-order valence-corrected chi connectivity index (χ2v) is 2.07. The smallest absolute Gasteiger partial charge is 0.377 e. The molecule has 0 aliphatic carbocycles. The first kappa shape index (κ1) is 7.71. The van der Waals surface area contributed by atoms with Crippen molar-refractivity contribution in [2.45, 2.75) is 19.8 Å². The molecule has 5 heteroatoms. The molecule has 0 amide bonds. The molecule has 0 saturated carbocycles. The molecule has 0 saturated heterocycles. The topological polar surface area (TPSA) is 76.2 Å². The lowest BCUT2D eigenvalue weighted by molar-refractivity contribution is 0.0680. The molecule has 0 aromatic carbocycles. The van der Waals surface area contributed by atoms with Gasteiger partial charge in [-0.3, -0.25) is 0 Å². The molecule has 1 aromatic rings. The molecule has 0 fully saturated rings. The Balaban J connectivity index is 2.73. The Hall–Kier alpha value is -1.39. The molecular weight excluding hydrogens is 148 g/mol. The van der Waals surface area contributed by atoms with Crippen molar-refractivity contribution in [1.29, 1.82) is 0 Å². The van der Waals surface area contributed by atoms with Crippen LogP contribution in [0, 0.1) is 0 Å². The zero-order valence-corrected chi connectivity index (χ0v) is 6.07. The molecule has 0 spiro atoms. The summed E-state index contributed by atoms with van der Waals surface area (Å²) in [7, 11) is 0. The van der Waals surface area contributed by atoms with E-state index >= 15 is 0 Å². The fraction of sp³-hybridized carbons (Fsp3) is 0.500. The number of aryl methyl sites for hydroxylation is 1. The molecule has 60 valence electrons. The van der Waals surface area contributed by atoms with E-state index in [-0.39, 0.29) is 5.82 Å². The summed E-state index contributed by atoms with van der Waals surface area (Å²) in [5.74, 6) is -1.05. The molecule has 1 heterocycles. The van der Waals surface area contributed by atoms with Crippen LogP contribution in [0.5, 0.6) is 0 Å². The van der Waals surface area contributed by atoms with Crippen molar-refractivity contribution in [1.82, 2.24) is 10.1 Å². The lowest BCUT2D eigenvalue weighted by atomic mass is 10.3. The third-order valence-electron chi connectivity index (χ3n) is 1.12. The van der Waals surface area contributed by atoms with Crippen molar-refractivity contribution in [2.75, 3.05) is 0 Å². The standard InChI is InChI=1S/C6H8N2O3/c1-2-3-4-7-5(6(9)10)8-11-4/h2-3H2,1H3,(H,9,10). The van der Waals surface area contributed by atoms with E-state index in [4.69, 9.17) is 5.11 Å². The van der Waals surface area contributed by atoms with Crippen LogP contribution < -0.4 is 0 Å². The highest BCUT2D eigenvalue weighted by molar-refractivity contribution is 5.82. The van der Waals surface area contributed by atoms with Crippen LogP contribution in [-0.2, 0) is 6.42 Å². The minimum atomic E-state index is -1.16. The first-order valence-electron chi connectivity index (χ1n) is 3.30. The number of carboxylic acid groups (broad SMARTS) is 1. The van der Waals surface area contributed by atoms with Crippen molar-refractivity contribution >= 4 is 5.97 Å². The Bertz CT molecular complexity index is 256. The highest BCUT2D eigenvalue weighted by atomic mass is 16.5. The van der Waals surface area contributed by atoms with Crippen LogP contribution >= 0.6 is 0 Å². The normalized spacial score (nSPS) is 9.91. The summed E-state index contributed by atoms with van der Waals surface area (Å²) in [6, 6.07) is 0. The van der Waals surface area contributed by atoms with Crippen LogP contribution in [0.25, 0.3) is 0 Å². The lowest BCUT2D eigenvalue weighted by Gasteiger charge is -1.82. The second-order valence-electron chi connectivity index (χ2n) is 2.07. The third-order valence-corrected chi connectivity index (χ3v) is 1.12. The van der Waals surface area contributed by atoms with Gasteiger partial charge in [-0.1, -0.05) is 6.92 Å². The highest BCUT2D eigenvalue weighted by Gasteiger charge is 2.11. The van der Waals surface area contributed by atoms with E-state index < -0.39 is 5.97 Å². The third kappa shape index (κ3) is 1.76. The van der Waals surface area contributed by atoms with E-state index in [2.05, 4.69) is 14.7 Å². The van der Waals surface area contributed by atoms with E-state index in [1.165, 1.54) is 0 Å². The molecule has 0 aliphatic heterocycles. The van der Waals surface area contributed by atoms with Crippen molar-refractivity contribution in [3.63, 3.8) is 0 Å². The summed E-state index contributed by atoms with van der Waals surface area (Å²) in [5.41, 5.74) is 0. The van der Waals surface area contributed by atoms with Crippen LogP contribution in [0.1, 0.15) is 29.9 Å². The zero-order valence-electron chi connectivity index (χ0n) is 6.07. The molecule has 0 unspecified atom stereocenters. The summed E-state index contributed by atoms with van der Waals surface area (Å²) >= 11 is 0. The van der Waals surface area contributed by atoms with Crippen molar-refractivity contribution in [3.8, 4) is 0 Å². The molecule has 0 aliphatic rings. The van der Waals surface area contributed by atoms with Gasteiger partial charge in [-0.25, -0.2) is 4.79 Å². The van der Waals surface area contributed by atoms with Crippen LogP contribution in [0.4, 0.5) is 0 Å². The number of hydrogen-bond acceptors (Lipinski definition) is 4. The van der Waals surface area contributed by atoms with Gasteiger partial charge in [-0.15, -0.1) is 0 Å². The largest absolute Gasteiger partial charge is 0.475 e. The summed E-state index contributed by atoms with van der Waals surface area (Å²) in [4.78, 5) is 13.9. The number of nitrogens with zero attached hydrogens (tertiary/aromatic N) is 2. The van der Waals surface area contributed by atoms with Gasteiger partial charge in [0.15, 0.2) is 0 Å². The molecule has 1 aromatic heterocycles. The summed E-state index contributed by atoms with van der Waals surface area (Å²) in [5, 5.41) is 11.6. The van der Waals surface area contributed by atoms with E-state index in [9.17, 15) is 4.79 Å². The van der Waals surface area contributed by atoms with Gasteiger partial charge < -0.3 is 9.63 Å². The maximum absolute atomic E-state index is 10.2. The molecule has 0 atom stereocenters. The van der Waals surface area contributed by atoms with Gasteiger partial charge in [0.2, 0.25) is 5.89 Å². The van der Waals surface area contributed by atoms with Crippen molar-refractivity contribution in [2.24, 2.45) is 0 Å². The fourth-order valence-corrected chi connectivity index (χ4v) is 0.657. The average molecular weight is 156 g/mol. The van der Waals surface area contributed by atoms with Gasteiger partial charge in [0.1, 0.15) is 0 Å². The molecule has 1 N–H and O–H groups in total.